The molecule has 17 rings (SSSR count). The molecule has 0 bridgehead atoms. The van der Waals surface area contributed by atoms with Crippen molar-refractivity contribution in [2.24, 2.45) is 0 Å². The Morgan fingerprint density at radius 1 is 0.142 bits per heavy atom. The third-order valence-electron chi connectivity index (χ3n) is 19.5. The van der Waals surface area contributed by atoms with E-state index >= 15 is 0 Å². The van der Waals surface area contributed by atoms with Gasteiger partial charge in [0.05, 0.1) is 0 Å². The maximum atomic E-state index is 3.24. The fourth-order valence-electron chi connectivity index (χ4n) is 13.2. The molecule has 0 nitrogen and oxygen atoms in total. The van der Waals surface area contributed by atoms with Gasteiger partial charge in [-0.05, 0) is 206 Å². The molecule has 0 N–H and O–H groups in total. The molecule has 0 aromatic heterocycles. The van der Waals surface area contributed by atoms with Crippen LogP contribution in [0.3, 0.4) is 0 Å². The Kier molecular flexibility index (Phi) is 84.8. The van der Waals surface area contributed by atoms with Gasteiger partial charge in [0.25, 0.3) is 0 Å². The SMILES string of the molecule is CC.CC.CC.CC.CC.CC.CC.CC.CC.CC.CC.CC.Cc1c2ccccc2c(C)c2ccccc12.Cc1c[c-]c(-c2[c-]cc(C)cc2)cc1.Cc1cc[c-]c(-c2[c-]ccc(C)c2)c1.Cc1ccc(C)c2ccccc12.Cc1ccc(C)cc1.Cc1ccc2cc(C)ccc2c1.Cc1cccc(C)c1.Cc1cccc2c(C)cccc12.Cc1cccc2c(C)cccc12.[Y].[Y]. The summed E-state index contributed by atoms with van der Waals surface area (Å²) in [5.41, 5.74) is 28.3. The van der Waals surface area contributed by atoms with Gasteiger partial charge in [0.2, 0.25) is 0 Å². The Morgan fingerprint density at radius 2 is 0.343 bits per heavy atom. The van der Waals surface area contributed by atoms with Crippen LogP contribution in [0, 0.1) is 149 Å². The number of hydrogen-bond acceptors (Lipinski definition) is 0. The van der Waals surface area contributed by atoms with Crippen molar-refractivity contribution in [2.75, 3.05) is 0 Å². The molecule has 0 unspecified atom stereocenters. The normalized spacial score (nSPS) is 8.85. The van der Waals surface area contributed by atoms with Gasteiger partial charge < -0.3 is 0 Å². The second kappa shape index (κ2) is 84.0. The Labute approximate surface area is 874 Å². The van der Waals surface area contributed by atoms with Crippen molar-refractivity contribution in [1.29, 1.82) is 0 Å². The number of hydrogen-bond donors (Lipinski definition) is 0. The van der Waals surface area contributed by atoms with Gasteiger partial charge in [-0.15, -0.1) is 34.4 Å². The summed E-state index contributed by atoms with van der Waals surface area (Å²) in [6, 6.07) is 124. The summed E-state index contributed by atoms with van der Waals surface area (Å²) in [4.78, 5) is 0. The Morgan fingerprint density at radius 3 is 0.567 bits per heavy atom. The zero-order valence-corrected chi connectivity index (χ0v) is 97.9. The van der Waals surface area contributed by atoms with Crippen LogP contribution in [0.2, 0.25) is 0 Å². The van der Waals surface area contributed by atoms with Crippen LogP contribution in [0.5, 0.6) is 0 Å². The molecule has 0 heterocycles. The largest absolute Gasteiger partial charge is 0.226 e. The van der Waals surface area contributed by atoms with Crippen molar-refractivity contribution in [3.63, 3.8) is 0 Å². The van der Waals surface area contributed by atoms with Crippen LogP contribution in [0.4, 0.5) is 0 Å². The quantitative estimate of drug-likeness (QED) is 0.120. The number of benzene rings is 17. The number of fused-ring (bicyclic) bond motifs is 6. The molecule has 17 aromatic carbocycles. The minimum absolute atomic E-state index is 0. The first-order valence-corrected chi connectivity index (χ1v) is 49.7. The molecular weight excluding hydrogens is 1760 g/mol. The van der Waals surface area contributed by atoms with Gasteiger partial charge in [0, 0.05) is 65.4 Å². The van der Waals surface area contributed by atoms with Gasteiger partial charge in [0.1, 0.15) is 0 Å². The third-order valence-corrected chi connectivity index (χ3v) is 19.5. The molecule has 0 saturated carbocycles. The van der Waals surface area contributed by atoms with Gasteiger partial charge in [-0.1, -0.05) is 470 Å². The van der Waals surface area contributed by atoms with E-state index in [0.29, 0.717) is 0 Å². The molecule has 0 aliphatic carbocycles. The van der Waals surface area contributed by atoms with Crippen molar-refractivity contribution in [3.8, 4) is 22.3 Å². The van der Waals surface area contributed by atoms with Crippen LogP contribution in [0.1, 0.15) is 266 Å². The Bertz CT molecular complexity index is 5220. The average molecular weight is 1940 g/mol. The predicted molar refractivity (Wildman–Crippen MR) is 611 cm³/mol. The van der Waals surface area contributed by atoms with Crippen molar-refractivity contribution in [2.45, 2.75) is 291 Å². The van der Waals surface area contributed by atoms with Gasteiger partial charge in [0.15, 0.2) is 0 Å². The molecule has 716 valence electrons. The number of rotatable bonds is 2. The van der Waals surface area contributed by atoms with E-state index in [2.05, 4.69) is 440 Å². The molecule has 0 atom stereocenters. The summed E-state index contributed by atoms with van der Waals surface area (Å²) in [6.07, 6.45) is 0. The van der Waals surface area contributed by atoms with Crippen LogP contribution >= 0.6 is 0 Å². The van der Waals surface area contributed by atoms with Gasteiger partial charge >= 0.3 is 0 Å². The van der Waals surface area contributed by atoms with Gasteiger partial charge in [-0.2, -0.15) is 84.9 Å². The van der Waals surface area contributed by atoms with Crippen LogP contribution in [0.25, 0.3) is 86.9 Å². The van der Waals surface area contributed by atoms with Gasteiger partial charge in [-0.3, -0.25) is 0 Å². The average Bonchev–Trinajstić information content (AvgIpc) is 0.763. The summed E-state index contributed by atoms with van der Waals surface area (Å²) in [7, 11) is 0. The van der Waals surface area contributed by atoms with Crippen molar-refractivity contribution < 1.29 is 65.4 Å². The fourth-order valence-corrected chi connectivity index (χ4v) is 13.2. The van der Waals surface area contributed by atoms with Gasteiger partial charge in [-0.25, -0.2) is 22.3 Å². The van der Waals surface area contributed by atoms with Crippen LogP contribution in [-0.2, 0) is 65.4 Å². The van der Waals surface area contributed by atoms with E-state index in [-0.39, 0.29) is 65.4 Å². The smallest absolute Gasteiger partial charge is 0 e. The molecule has 134 heavy (non-hydrogen) atoms. The van der Waals surface area contributed by atoms with Crippen LogP contribution in [-0.4, -0.2) is 0 Å². The summed E-state index contributed by atoms with van der Waals surface area (Å²) < 4.78 is 0. The molecule has 2 heteroatoms. The second-order valence-electron chi connectivity index (χ2n) is 28.9. The molecule has 0 spiro atoms. The molecule has 17 aromatic rings. The van der Waals surface area contributed by atoms with Crippen LogP contribution in [0.15, 0.2) is 315 Å². The van der Waals surface area contributed by atoms with Crippen LogP contribution < -0.4 is 0 Å². The van der Waals surface area contributed by atoms with E-state index in [1.165, 1.54) is 165 Å². The molecule has 0 amide bonds. The van der Waals surface area contributed by atoms with E-state index in [1.54, 1.807) is 0 Å². The van der Waals surface area contributed by atoms with E-state index < -0.39 is 0 Å². The monoisotopic (exact) mass is 1940 g/mol. The molecular formula is C132H178Y2-4. The number of aryl methyl sites for hydroxylation is 18. The molecule has 2 radical (unpaired) electrons. The van der Waals surface area contributed by atoms with Crippen molar-refractivity contribution in [1.82, 2.24) is 0 Å². The minimum atomic E-state index is 0. The van der Waals surface area contributed by atoms with E-state index in [4.69, 9.17) is 0 Å². The Balaban J connectivity index is -0.000000335. The third kappa shape index (κ3) is 49.8. The second-order valence-corrected chi connectivity index (χ2v) is 28.9. The predicted octanol–water partition coefficient (Wildman–Crippen LogP) is 42.5. The standard InChI is InChI=1S/C16H14.2C14H12.4C12H12.2C8H10.12C2H6.2Y/c1-11-13-7-3-5-9-15(13)12(2)16-10-6-4-8-14(11)16;1-11-3-7-13(8-4-11)14-9-5-12(2)6-10-14;1-11-5-3-7-13(9-11)14-8-4-6-12(2)10-14;1-9-3-5-12-8-10(2)4-6-11(12)7-9;2*1-9-5-3-8-12-10(2)6-4-7-11(9)12;1-9-7-8-10(2)12-6-4-3-5-11(9)12;1-7-3-5-8(2)6-4-7;1-7-4-3-5-8(2)6-7;12*1-2;;/h3-10H,1-2H3;3-7,9H,1-2H3;3-6,9-10H,1-2H3;4*3-8H,1-2H3;2*3-6H,1-2H3;12*1-2H3;;/q;2*-2;;;;;;;;;;;;;;;;;;;;. The van der Waals surface area contributed by atoms with Crippen molar-refractivity contribution in [3.05, 3.63) is 440 Å². The molecule has 0 saturated heterocycles. The van der Waals surface area contributed by atoms with Crippen molar-refractivity contribution >= 4 is 64.6 Å². The first-order valence-electron chi connectivity index (χ1n) is 49.7. The Hall–Kier alpha value is -9.49. The van der Waals surface area contributed by atoms with E-state index in [9.17, 15) is 0 Å². The maximum absolute atomic E-state index is 3.24. The zero-order valence-electron chi connectivity index (χ0n) is 92.2. The fraction of sp³-hybridized carbons (Fsp3) is 0.318. The topological polar surface area (TPSA) is 0 Å². The summed E-state index contributed by atoms with van der Waals surface area (Å²) >= 11 is 0. The first-order chi connectivity index (χ1) is 64.0. The molecule has 0 fully saturated rings. The minimum Gasteiger partial charge on any atom is -0.226 e. The molecule has 0 aliphatic heterocycles. The van der Waals surface area contributed by atoms with E-state index in [1.807, 2.05) is 190 Å². The summed E-state index contributed by atoms with van der Waals surface area (Å²) in [5, 5.41) is 16.4. The first kappa shape index (κ1) is 135. The zero-order chi connectivity index (χ0) is 101. The molecule has 0 aliphatic rings. The summed E-state index contributed by atoms with van der Waals surface area (Å²) in [5.74, 6) is 0. The van der Waals surface area contributed by atoms with E-state index in [0.717, 1.165) is 22.3 Å². The summed E-state index contributed by atoms with van der Waals surface area (Å²) in [6.45, 7) is 86.3. The maximum Gasteiger partial charge on any atom is 0 e.